The van der Waals surface area contributed by atoms with Gasteiger partial charge in [-0.25, -0.2) is 9.97 Å². The lowest BCUT2D eigenvalue weighted by molar-refractivity contribution is -0.117. The van der Waals surface area contributed by atoms with Crippen molar-refractivity contribution in [3.8, 4) is 0 Å². The lowest BCUT2D eigenvalue weighted by Crippen LogP contribution is -2.14. The van der Waals surface area contributed by atoms with E-state index in [2.05, 4.69) is 45.4 Å². The van der Waals surface area contributed by atoms with Gasteiger partial charge >= 0.3 is 0 Å². The zero-order chi connectivity index (χ0) is 26.9. The van der Waals surface area contributed by atoms with Crippen molar-refractivity contribution in [2.45, 2.75) is 71.8 Å². The molecule has 4 aromatic rings. The summed E-state index contributed by atoms with van der Waals surface area (Å²) < 4.78 is 2.20. The van der Waals surface area contributed by atoms with Crippen molar-refractivity contribution in [3.63, 3.8) is 0 Å². The highest BCUT2D eigenvalue weighted by Crippen LogP contribution is 2.40. The molecule has 2 saturated carbocycles. The summed E-state index contributed by atoms with van der Waals surface area (Å²) in [6, 6.07) is 15.6. The van der Waals surface area contributed by atoms with Gasteiger partial charge in [0.15, 0.2) is 0 Å². The molecule has 0 bridgehead atoms. The Morgan fingerprint density at radius 1 is 1.05 bits per heavy atom. The summed E-state index contributed by atoms with van der Waals surface area (Å²) in [5.41, 5.74) is 5.80. The van der Waals surface area contributed by atoms with E-state index >= 15 is 0 Å². The third-order valence-corrected chi connectivity index (χ3v) is 6.68. The van der Waals surface area contributed by atoms with E-state index in [0.29, 0.717) is 12.4 Å². The van der Waals surface area contributed by atoms with Crippen molar-refractivity contribution in [2.75, 3.05) is 10.6 Å². The number of imidazole rings is 1. The van der Waals surface area contributed by atoms with Gasteiger partial charge in [0.1, 0.15) is 11.5 Å². The number of carbonyl (C=O) groups is 1. The predicted molar refractivity (Wildman–Crippen MR) is 157 cm³/mol. The molecule has 3 heterocycles. The average Bonchev–Trinajstić information content (AvgIpc) is 3.87. The minimum atomic E-state index is 0.0740. The maximum atomic E-state index is 11.9. The highest BCUT2D eigenvalue weighted by Gasteiger charge is 2.29. The molecule has 200 valence electrons. The molecular weight excluding hydrogens is 494 g/mol. The third kappa shape index (κ3) is 7.81. The molecule has 7 heteroatoms. The number of amides is 1. The molecule has 38 heavy (non-hydrogen) atoms. The topological polar surface area (TPSA) is 71.3 Å². The third-order valence-electron chi connectivity index (χ3n) is 6.43. The number of benzene rings is 1. The van der Waals surface area contributed by atoms with Gasteiger partial charge in [0.25, 0.3) is 0 Å². The first-order chi connectivity index (χ1) is 18.6. The molecule has 0 radical (unpaired) electrons. The van der Waals surface area contributed by atoms with Crippen LogP contribution in [0.5, 0.6) is 0 Å². The molecule has 0 aliphatic heterocycles. The molecule has 2 N–H and O–H groups in total. The van der Waals surface area contributed by atoms with Crippen LogP contribution in [0.4, 0.5) is 11.5 Å². The summed E-state index contributed by atoms with van der Waals surface area (Å²) >= 11 is 5.54. The zero-order valence-electron chi connectivity index (χ0n) is 22.6. The number of nitrogens with zero attached hydrogens (tertiary/aromatic N) is 3. The van der Waals surface area contributed by atoms with Crippen LogP contribution < -0.4 is 10.6 Å². The van der Waals surface area contributed by atoms with Gasteiger partial charge in [-0.15, -0.1) is 0 Å². The second kappa shape index (κ2) is 13.4. The van der Waals surface area contributed by atoms with Gasteiger partial charge in [0.05, 0.1) is 12.2 Å². The van der Waals surface area contributed by atoms with Crippen LogP contribution in [0.15, 0.2) is 67.1 Å². The average molecular weight is 532 g/mol. The number of nitrogens with one attached hydrogen (secondary N) is 2. The Kier molecular flexibility index (Phi) is 9.77. The van der Waals surface area contributed by atoms with Crippen molar-refractivity contribution in [1.82, 2.24) is 14.4 Å². The summed E-state index contributed by atoms with van der Waals surface area (Å²) in [7, 11) is 0. The second-order valence-electron chi connectivity index (χ2n) is 9.63. The van der Waals surface area contributed by atoms with Crippen LogP contribution in [0.2, 0.25) is 5.02 Å². The molecule has 2 aliphatic carbocycles. The molecule has 1 amide bonds. The SMILES string of the molecule is CC.CCCc1cc(C2CC2)cn2cc(CNc3ccnc(NC(=O)C4CC4)c3)nc12.Clc1ccccc1. The van der Waals surface area contributed by atoms with E-state index < -0.39 is 0 Å². The number of aromatic nitrogens is 3. The lowest BCUT2D eigenvalue weighted by atomic mass is 10.1. The normalized spacial score (nSPS) is 14.1. The molecule has 6 rings (SSSR count). The van der Waals surface area contributed by atoms with E-state index in [-0.39, 0.29) is 11.8 Å². The minimum absolute atomic E-state index is 0.0740. The van der Waals surface area contributed by atoms with Crippen molar-refractivity contribution in [1.29, 1.82) is 0 Å². The van der Waals surface area contributed by atoms with Gasteiger partial charge < -0.3 is 15.0 Å². The smallest absolute Gasteiger partial charge is 0.228 e. The highest BCUT2D eigenvalue weighted by atomic mass is 35.5. The molecule has 2 fully saturated rings. The number of halogens is 1. The lowest BCUT2D eigenvalue weighted by Gasteiger charge is -2.07. The Hall–Kier alpha value is -3.38. The van der Waals surface area contributed by atoms with Crippen LogP contribution in [0.3, 0.4) is 0 Å². The number of rotatable bonds is 8. The van der Waals surface area contributed by atoms with E-state index in [1.54, 1.807) is 6.20 Å². The Morgan fingerprint density at radius 2 is 1.82 bits per heavy atom. The second-order valence-corrected chi connectivity index (χ2v) is 10.1. The maximum absolute atomic E-state index is 11.9. The first-order valence-electron chi connectivity index (χ1n) is 13.8. The molecule has 0 unspecified atom stereocenters. The largest absolute Gasteiger partial charge is 0.379 e. The van der Waals surface area contributed by atoms with E-state index in [4.69, 9.17) is 16.6 Å². The summed E-state index contributed by atoms with van der Waals surface area (Å²) in [6.45, 7) is 6.85. The molecular formula is C31H38ClN5O. The van der Waals surface area contributed by atoms with Gasteiger partial charge in [-0.1, -0.05) is 63.1 Å². The van der Waals surface area contributed by atoms with Gasteiger partial charge in [-0.05, 0) is 67.3 Å². The standard InChI is InChI=1S/C23H27N5O.C6H5Cl.C2H6/c1-2-3-17-10-18(15-4-5-15)13-28-14-20(26-22(17)28)12-25-19-8-9-24-21(11-19)27-23(29)16-6-7-16;7-6-4-2-1-3-5-6;1-2/h8-11,13-16H,2-7,12H2,1H3,(H2,24,25,27,29);1-5H;1-2H3. The van der Waals surface area contributed by atoms with Crippen LogP contribution in [0.1, 0.15) is 75.6 Å². The van der Waals surface area contributed by atoms with Crippen LogP contribution in [-0.4, -0.2) is 20.3 Å². The number of carbonyl (C=O) groups excluding carboxylic acids is 1. The van der Waals surface area contributed by atoms with E-state index in [9.17, 15) is 4.79 Å². The molecule has 0 saturated heterocycles. The fourth-order valence-electron chi connectivity index (χ4n) is 4.21. The Bertz CT molecular complexity index is 1330. The number of hydrogen-bond acceptors (Lipinski definition) is 4. The van der Waals surface area contributed by atoms with Crippen molar-refractivity contribution < 1.29 is 4.79 Å². The van der Waals surface area contributed by atoms with Crippen LogP contribution in [0, 0.1) is 5.92 Å². The van der Waals surface area contributed by atoms with Crippen LogP contribution >= 0.6 is 11.6 Å². The van der Waals surface area contributed by atoms with Crippen LogP contribution in [0.25, 0.3) is 5.65 Å². The van der Waals surface area contributed by atoms with Gasteiger partial charge in [0.2, 0.25) is 5.91 Å². The van der Waals surface area contributed by atoms with Crippen molar-refractivity contribution in [3.05, 3.63) is 89.0 Å². The van der Waals surface area contributed by atoms with Crippen molar-refractivity contribution in [2.24, 2.45) is 5.92 Å². The Labute approximate surface area is 230 Å². The molecule has 1 aromatic carbocycles. The quantitative estimate of drug-likeness (QED) is 0.242. The predicted octanol–water partition coefficient (Wildman–Crippen LogP) is 7.89. The van der Waals surface area contributed by atoms with E-state index in [1.807, 2.05) is 56.3 Å². The number of aryl methyl sites for hydroxylation is 1. The molecule has 2 aliphatic rings. The molecule has 3 aromatic heterocycles. The fraction of sp³-hybridized carbons (Fsp3) is 0.387. The monoisotopic (exact) mass is 531 g/mol. The Balaban J connectivity index is 0.000000321. The number of hydrogen-bond donors (Lipinski definition) is 2. The summed E-state index contributed by atoms with van der Waals surface area (Å²) in [6.07, 6.45) is 12.9. The number of pyridine rings is 2. The zero-order valence-corrected chi connectivity index (χ0v) is 23.3. The Morgan fingerprint density at radius 3 is 2.45 bits per heavy atom. The highest BCUT2D eigenvalue weighted by molar-refractivity contribution is 6.30. The molecule has 6 nitrogen and oxygen atoms in total. The first-order valence-corrected chi connectivity index (χ1v) is 14.2. The first kappa shape index (κ1) is 27.6. The van der Waals surface area contributed by atoms with Gasteiger partial charge in [-0.2, -0.15) is 0 Å². The summed E-state index contributed by atoms with van der Waals surface area (Å²) in [5, 5.41) is 7.11. The van der Waals surface area contributed by atoms with Crippen molar-refractivity contribution >= 4 is 34.7 Å². The minimum Gasteiger partial charge on any atom is -0.379 e. The number of fused-ring (bicyclic) bond motifs is 1. The summed E-state index contributed by atoms with van der Waals surface area (Å²) in [4.78, 5) is 21.1. The van der Waals surface area contributed by atoms with Crippen LogP contribution in [-0.2, 0) is 17.8 Å². The molecule has 0 spiro atoms. The van der Waals surface area contributed by atoms with Gasteiger partial charge in [0, 0.05) is 41.3 Å². The van der Waals surface area contributed by atoms with Gasteiger partial charge in [-0.3, -0.25) is 4.79 Å². The molecule has 0 atom stereocenters. The fourth-order valence-corrected chi connectivity index (χ4v) is 4.36. The number of anilines is 2. The maximum Gasteiger partial charge on any atom is 0.228 e. The summed E-state index contributed by atoms with van der Waals surface area (Å²) in [5.74, 6) is 1.58. The van der Waals surface area contributed by atoms with E-state index in [1.165, 1.54) is 24.0 Å². The van der Waals surface area contributed by atoms with E-state index in [0.717, 1.165) is 53.7 Å².